The summed E-state index contributed by atoms with van der Waals surface area (Å²) in [5.74, 6) is 0.330. The molecule has 0 radical (unpaired) electrons. The molecule has 0 saturated carbocycles. The largest absolute Gasteiger partial charge is 0.489 e. The quantitative estimate of drug-likeness (QED) is 0.287. The maximum Gasteiger partial charge on any atom is 0.335 e. The first kappa shape index (κ1) is 24.3. The standard InChI is InChI=1S/C27H24BrN3O4/c1-3-17(2)25-30-24-12-11-21(28)14-23(24)26(32)31(25)29-15-19-5-4-6-22(13-19)35-16-18-7-9-20(10-8-18)27(33)34/h4-15,17H,3,16H2,1-2H3,(H,33,34)/t17-/m0/s1. The molecule has 1 atom stereocenters. The van der Waals surface area contributed by atoms with E-state index in [9.17, 15) is 9.59 Å². The van der Waals surface area contributed by atoms with Crippen LogP contribution in [0.2, 0.25) is 0 Å². The van der Waals surface area contributed by atoms with E-state index in [1.54, 1.807) is 36.5 Å². The number of fused-ring (bicyclic) bond motifs is 1. The second-order valence-corrected chi connectivity index (χ2v) is 9.08. The minimum absolute atomic E-state index is 0.0510. The Bertz CT molecular complexity index is 1460. The van der Waals surface area contributed by atoms with Crippen molar-refractivity contribution in [1.29, 1.82) is 0 Å². The van der Waals surface area contributed by atoms with E-state index in [-0.39, 0.29) is 17.0 Å². The number of aromatic nitrogens is 2. The Morgan fingerprint density at radius 1 is 1.17 bits per heavy atom. The summed E-state index contributed by atoms with van der Waals surface area (Å²) in [7, 11) is 0. The smallest absolute Gasteiger partial charge is 0.335 e. The second-order valence-electron chi connectivity index (χ2n) is 8.17. The molecule has 0 unspecified atom stereocenters. The van der Waals surface area contributed by atoms with E-state index < -0.39 is 5.97 Å². The van der Waals surface area contributed by atoms with E-state index in [0.29, 0.717) is 29.1 Å². The monoisotopic (exact) mass is 533 g/mol. The van der Waals surface area contributed by atoms with Crippen molar-refractivity contribution in [2.75, 3.05) is 0 Å². The lowest BCUT2D eigenvalue weighted by atomic mass is 10.1. The molecule has 0 amide bonds. The van der Waals surface area contributed by atoms with Gasteiger partial charge in [0.25, 0.3) is 5.56 Å². The lowest BCUT2D eigenvalue weighted by Gasteiger charge is -2.14. The number of carboxylic acids is 1. The van der Waals surface area contributed by atoms with Gasteiger partial charge in [0.15, 0.2) is 0 Å². The zero-order valence-corrected chi connectivity index (χ0v) is 20.9. The van der Waals surface area contributed by atoms with Gasteiger partial charge in [0.05, 0.1) is 22.7 Å². The van der Waals surface area contributed by atoms with Gasteiger partial charge < -0.3 is 9.84 Å². The molecule has 0 aliphatic rings. The van der Waals surface area contributed by atoms with Crippen molar-refractivity contribution in [3.8, 4) is 5.75 Å². The summed E-state index contributed by atoms with van der Waals surface area (Å²) in [5, 5.41) is 14.0. The van der Waals surface area contributed by atoms with Gasteiger partial charge >= 0.3 is 5.97 Å². The predicted molar refractivity (Wildman–Crippen MR) is 140 cm³/mol. The molecule has 4 rings (SSSR count). The van der Waals surface area contributed by atoms with Gasteiger partial charge in [0.2, 0.25) is 0 Å². The topological polar surface area (TPSA) is 93.8 Å². The van der Waals surface area contributed by atoms with Crippen molar-refractivity contribution in [3.63, 3.8) is 0 Å². The van der Waals surface area contributed by atoms with Gasteiger partial charge in [0.1, 0.15) is 18.2 Å². The lowest BCUT2D eigenvalue weighted by molar-refractivity contribution is 0.0697. The highest BCUT2D eigenvalue weighted by Gasteiger charge is 2.15. The first-order valence-corrected chi connectivity index (χ1v) is 12.0. The molecule has 7 nitrogen and oxygen atoms in total. The zero-order chi connectivity index (χ0) is 24.9. The Balaban J connectivity index is 1.59. The fourth-order valence-corrected chi connectivity index (χ4v) is 3.86. The molecule has 0 aliphatic carbocycles. The number of nitrogens with zero attached hydrogens (tertiary/aromatic N) is 3. The van der Waals surface area contributed by atoms with Crippen LogP contribution in [0.3, 0.4) is 0 Å². The molecule has 0 fully saturated rings. The molecule has 0 bridgehead atoms. The highest BCUT2D eigenvalue weighted by atomic mass is 79.9. The Morgan fingerprint density at radius 2 is 1.94 bits per heavy atom. The molecule has 1 heterocycles. The van der Waals surface area contributed by atoms with E-state index in [1.165, 1.54) is 4.68 Å². The fraction of sp³-hybridized carbons (Fsp3) is 0.185. The van der Waals surface area contributed by atoms with Gasteiger partial charge in [-0.1, -0.05) is 54.0 Å². The number of hydrogen-bond acceptors (Lipinski definition) is 5. The van der Waals surface area contributed by atoms with Crippen LogP contribution in [0.5, 0.6) is 5.75 Å². The second kappa shape index (κ2) is 10.7. The van der Waals surface area contributed by atoms with E-state index in [2.05, 4.69) is 21.0 Å². The molecule has 4 aromatic rings. The van der Waals surface area contributed by atoms with Crippen LogP contribution in [0.25, 0.3) is 10.9 Å². The van der Waals surface area contributed by atoms with Crippen LogP contribution in [0.4, 0.5) is 0 Å². The van der Waals surface area contributed by atoms with Crippen LogP contribution in [0.1, 0.15) is 53.5 Å². The van der Waals surface area contributed by atoms with E-state index in [0.717, 1.165) is 22.0 Å². The summed E-state index contributed by atoms with van der Waals surface area (Å²) < 4.78 is 8.04. The van der Waals surface area contributed by atoms with E-state index in [4.69, 9.17) is 14.8 Å². The molecular weight excluding hydrogens is 510 g/mol. The zero-order valence-electron chi connectivity index (χ0n) is 19.3. The summed E-state index contributed by atoms with van der Waals surface area (Å²) in [6.45, 7) is 4.37. The molecule has 0 aliphatic heterocycles. The third-order valence-electron chi connectivity index (χ3n) is 5.67. The van der Waals surface area contributed by atoms with Gasteiger partial charge in [-0.25, -0.2) is 9.78 Å². The van der Waals surface area contributed by atoms with Crippen LogP contribution in [0, 0.1) is 0 Å². The Kier molecular flexibility index (Phi) is 7.41. The van der Waals surface area contributed by atoms with E-state index in [1.807, 2.05) is 50.2 Å². The highest BCUT2D eigenvalue weighted by Crippen LogP contribution is 2.21. The molecule has 178 valence electrons. The van der Waals surface area contributed by atoms with Crippen molar-refractivity contribution in [3.05, 3.63) is 104 Å². The number of ether oxygens (including phenoxy) is 1. The molecule has 1 N–H and O–H groups in total. The normalized spacial score (nSPS) is 12.2. The maximum atomic E-state index is 13.3. The number of carboxylic acid groups (broad SMARTS) is 1. The molecule has 35 heavy (non-hydrogen) atoms. The summed E-state index contributed by atoms with van der Waals surface area (Å²) in [5.41, 5.74) is 2.27. The molecule has 0 saturated heterocycles. The number of halogens is 1. The molecule has 3 aromatic carbocycles. The molecular formula is C27H24BrN3O4. The fourth-order valence-electron chi connectivity index (χ4n) is 3.50. The Labute approximate surface area is 210 Å². The summed E-state index contributed by atoms with van der Waals surface area (Å²) in [6, 6.07) is 19.4. The molecule has 1 aromatic heterocycles. The molecule has 0 spiro atoms. The summed E-state index contributed by atoms with van der Waals surface area (Å²) in [4.78, 5) is 29.0. The Morgan fingerprint density at radius 3 is 2.66 bits per heavy atom. The third kappa shape index (κ3) is 5.66. The van der Waals surface area contributed by atoms with Gasteiger partial charge in [-0.2, -0.15) is 9.78 Å². The third-order valence-corrected chi connectivity index (χ3v) is 6.17. The van der Waals surface area contributed by atoms with Crippen LogP contribution < -0.4 is 10.3 Å². The minimum Gasteiger partial charge on any atom is -0.489 e. The van der Waals surface area contributed by atoms with Gasteiger partial charge in [0, 0.05) is 10.4 Å². The average Bonchev–Trinajstić information content (AvgIpc) is 2.87. The van der Waals surface area contributed by atoms with Crippen LogP contribution in [-0.2, 0) is 6.61 Å². The number of hydrogen-bond donors (Lipinski definition) is 1. The SMILES string of the molecule is CC[C@H](C)c1nc2ccc(Br)cc2c(=O)n1N=Cc1cccc(OCc2ccc(C(=O)O)cc2)c1. The number of rotatable bonds is 8. The number of aromatic carboxylic acids is 1. The van der Waals surface area contributed by atoms with Crippen LogP contribution in [0.15, 0.2) is 81.1 Å². The Hall–Kier alpha value is -3.78. The number of benzene rings is 3. The molecule has 8 heteroatoms. The lowest BCUT2D eigenvalue weighted by Crippen LogP contribution is -2.23. The summed E-state index contributed by atoms with van der Waals surface area (Å²) >= 11 is 3.42. The van der Waals surface area contributed by atoms with Gasteiger partial charge in [-0.3, -0.25) is 4.79 Å². The van der Waals surface area contributed by atoms with Crippen molar-refractivity contribution >= 4 is 39.0 Å². The van der Waals surface area contributed by atoms with Crippen molar-refractivity contribution in [1.82, 2.24) is 9.66 Å². The first-order chi connectivity index (χ1) is 16.9. The van der Waals surface area contributed by atoms with Crippen molar-refractivity contribution < 1.29 is 14.6 Å². The van der Waals surface area contributed by atoms with Gasteiger partial charge in [-0.05, 0) is 60.0 Å². The predicted octanol–water partition coefficient (Wildman–Crippen LogP) is 5.83. The maximum absolute atomic E-state index is 13.3. The minimum atomic E-state index is -0.964. The number of carbonyl (C=O) groups is 1. The summed E-state index contributed by atoms with van der Waals surface area (Å²) in [6.07, 6.45) is 2.44. The highest BCUT2D eigenvalue weighted by molar-refractivity contribution is 9.10. The van der Waals surface area contributed by atoms with Crippen molar-refractivity contribution in [2.45, 2.75) is 32.8 Å². The van der Waals surface area contributed by atoms with Crippen LogP contribution >= 0.6 is 15.9 Å². The van der Waals surface area contributed by atoms with E-state index >= 15 is 0 Å². The first-order valence-electron chi connectivity index (χ1n) is 11.2. The van der Waals surface area contributed by atoms with Crippen molar-refractivity contribution in [2.24, 2.45) is 5.10 Å². The average molecular weight is 534 g/mol. The van der Waals surface area contributed by atoms with Crippen LogP contribution in [-0.4, -0.2) is 27.0 Å². The van der Waals surface area contributed by atoms with Gasteiger partial charge in [-0.15, -0.1) is 0 Å².